The Morgan fingerprint density at radius 2 is 2.06 bits per heavy atom. The van der Waals surface area contributed by atoms with E-state index < -0.39 is 5.54 Å². The van der Waals surface area contributed by atoms with E-state index in [0.29, 0.717) is 23.5 Å². The van der Waals surface area contributed by atoms with Crippen LogP contribution in [-0.4, -0.2) is 45.1 Å². The highest BCUT2D eigenvalue weighted by Crippen LogP contribution is 2.31. The van der Waals surface area contributed by atoms with Crippen LogP contribution in [0.5, 0.6) is 0 Å². The standard InChI is InChI=1S/C22H30N6O2S/c1-16-10-17(2)12-27(11-16)20-25-26-21(28(20)13-18-6-5-9-30-18)31-14-19(29)24-22(15-23)7-3-4-8-22/h5-6,9,16-17H,3-4,7-8,10-14H2,1-2H3,(H,24,29). The van der Waals surface area contributed by atoms with E-state index in [1.807, 2.05) is 16.7 Å². The second-order valence-electron chi connectivity index (χ2n) is 9.04. The van der Waals surface area contributed by atoms with Crippen molar-refractivity contribution in [2.75, 3.05) is 23.7 Å². The number of furan rings is 1. The fourth-order valence-electron chi connectivity index (χ4n) is 4.82. The van der Waals surface area contributed by atoms with E-state index in [9.17, 15) is 10.1 Å². The first kappa shape index (κ1) is 21.8. The van der Waals surface area contributed by atoms with Gasteiger partial charge in [-0.05, 0) is 56.1 Å². The fourth-order valence-corrected chi connectivity index (χ4v) is 5.55. The largest absolute Gasteiger partial charge is 0.467 e. The van der Waals surface area contributed by atoms with E-state index in [1.165, 1.54) is 18.2 Å². The molecule has 166 valence electrons. The summed E-state index contributed by atoms with van der Waals surface area (Å²) in [4.78, 5) is 14.9. The average Bonchev–Trinajstić information content (AvgIpc) is 3.48. The quantitative estimate of drug-likeness (QED) is 0.656. The van der Waals surface area contributed by atoms with Crippen molar-refractivity contribution in [2.45, 2.75) is 63.2 Å². The summed E-state index contributed by atoms with van der Waals surface area (Å²) in [6, 6.07) is 6.11. The van der Waals surface area contributed by atoms with Gasteiger partial charge < -0.3 is 14.6 Å². The fraction of sp³-hybridized carbons (Fsp3) is 0.636. The first-order chi connectivity index (χ1) is 15.0. The van der Waals surface area contributed by atoms with Gasteiger partial charge in [-0.1, -0.05) is 25.6 Å². The third-order valence-corrected chi connectivity index (χ3v) is 7.09. The molecule has 2 unspecified atom stereocenters. The number of rotatable bonds is 7. The lowest BCUT2D eigenvalue weighted by Gasteiger charge is -2.35. The van der Waals surface area contributed by atoms with Gasteiger partial charge in [0.05, 0.1) is 24.6 Å². The van der Waals surface area contributed by atoms with E-state index in [4.69, 9.17) is 4.42 Å². The van der Waals surface area contributed by atoms with Crippen LogP contribution in [0.4, 0.5) is 5.95 Å². The highest BCUT2D eigenvalue weighted by molar-refractivity contribution is 7.99. The zero-order valence-corrected chi connectivity index (χ0v) is 19.0. The molecule has 2 atom stereocenters. The molecule has 1 aliphatic carbocycles. The smallest absolute Gasteiger partial charge is 0.231 e. The molecule has 0 radical (unpaired) electrons. The number of thioether (sulfide) groups is 1. The van der Waals surface area contributed by atoms with Crippen LogP contribution < -0.4 is 10.2 Å². The molecule has 0 spiro atoms. The Bertz CT molecular complexity index is 918. The van der Waals surface area contributed by atoms with Crippen LogP contribution >= 0.6 is 11.8 Å². The van der Waals surface area contributed by atoms with Crippen molar-refractivity contribution in [3.63, 3.8) is 0 Å². The molecule has 2 aromatic rings. The summed E-state index contributed by atoms with van der Waals surface area (Å²) < 4.78 is 7.61. The zero-order valence-electron chi connectivity index (χ0n) is 18.2. The molecule has 2 fully saturated rings. The number of nitrogens with one attached hydrogen (secondary N) is 1. The molecule has 31 heavy (non-hydrogen) atoms. The summed E-state index contributed by atoms with van der Waals surface area (Å²) in [7, 11) is 0. The highest BCUT2D eigenvalue weighted by atomic mass is 32.2. The van der Waals surface area contributed by atoms with Gasteiger partial charge in [0.25, 0.3) is 0 Å². The molecule has 1 saturated heterocycles. The lowest BCUT2D eigenvalue weighted by Crippen LogP contribution is -2.45. The number of aromatic nitrogens is 3. The number of anilines is 1. The van der Waals surface area contributed by atoms with E-state index in [0.717, 1.165) is 50.5 Å². The van der Waals surface area contributed by atoms with Crippen molar-refractivity contribution in [3.8, 4) is 6.07 Å². The van der Waals surface area contributed by atoms with Crippen molar-refractivity contribution in [3.05, 3.63) is 24.2 Å². The highest BCUT2D eigenvalue weighted by Gasteiger charge is 2.35. The summed E-state index contributed by atoms with van der Waals surface area (Å²) in [5.41, 5.74) is -0.704. The Kier molecular flexibility index (Phi) is 6.56. The van der Waals surface area contributed by atoms with Crippen molar-refractivity contribution >= 4 is 23.6 Å². The Labute approximate surface area is 187 Å². The molecule has 0 bridgehead atoms. The third-order valence-electron chi connectivity index (χ3n) is 6.13. The Balaban J connectivity index is 1.49. The molecule has 9 heteroatoms. The molecular formula is C22H30N6O2S. The van der Waals surface area contributed by atoms with Gasteiger partial charge in [-0.15, -0.1) is 10.2 Å². The average molecular weight is 443 g/mol. The van der Waals surface area contributed by atoms with E-state index in [-0.39, 0.29) is 11.7 Å². The maximum atomic E-state index is 12.6. The summed E-state index contributed by atoms with van der Waals surface area (Å²) in [5, 5.41) is 22.1. The lowest BCUT2D eigenvalue weighted by molar-refractivity contribution is -0.119. The Hall–Kier alpha value is -2.47. The maximum Gasteiger partial charge on any atom is 0.231 e. The SMILES string of the molecule is CC1CC(C)CN(c2nnc(SCC(=O)NC3(C#N)CCCC3)n2Cc2ccco2)C1. The number of piperidine rings is 1. The number of hydrogen-bond acceptors (Lipinski definition) is 7. The van der Waals surface area contributed by atoms with Crippen LogP contribution in [0.2, 0.25) is 0 Å². The van der Waals surface area contributed by atoms with Crippen LogP contribution in [-0.2, 0) is 11.3 Å². The van der Waals surface area contributed by atoms with Crippen LogP contribution in [0.3, 0.4) is 0 Å². The minimum absolute atomic E-state index is 0.136. The van der Waals surface area contributed by atoms with Crippen molar-refractivity contribution in [1.29, 1.82) is 5.26 Å². The topological polar surface area (TPSA) is 100.0 Å². The van der Waals surface area contributed by atoms with Crippen LogP contribution in [0.1, 0.15) is 51.7 Å². The number of carbonyl (C=O) groups is 1. The molecule has 2 aromatic heterocycles. The summed E-state index contributed by atoms with van der Waals surface area (Å²) in [6.45, 7) is 6.93. The number of carbonyl (C=O) groups excluding carboxylic acids is 1. The Morgan fingerprint density at radius 1 is 1.32 bits per heavy atom. The van der Waals surface area contributed by atoms with Gasteiger partial charge in [-0.2, -0.15) is 5.26 Å². The second kappa shape index (κ2) is 9.35. The van der Waals surface area contributed by atoms with Gasteiger partial charge in [-0.3, -0.25) is 9.36 Å². The van der Waals surface area contributed by atoms with Gasteiger partial charge >= 0.3 is 0 Å². The summed E-state index contributed by atoms with van der Waals surface area (Å²) in [6.07, 6.45) is 6.29. The van der Waals surface area contributed by atoms with E-state index >= 15 is 0 Å². The minimum Gasteiger partial charge on any atom is -0.467 e. The van der Waals surface area contributed by atoms with Gasteiger partial charge in [0.1, 0.15) is 11.3 Å². The first-order valence-electron chi connectivity index (χ1n) is 11.0. The molecular weight excluding hydrogens is 412 g/mol. The number of amides is 1. The normalized spacial score (nSPS) is 22.9. The first-order valence-corrected chi connectivity index (χ1v) is 12.0. The number of hydrogen-bond donors (Lipinski definition) is 1. The van der Waals surface area contributed by atoms with Crippen LogP contribution in [0.15, 0.2) is 28.0 Å². The van der Waals surface area contributed by atoms with Gasteiger partial charge in [-0.25, -0.2) is 0 Å². The minimum atomic E-state index is -0.704. The van der Waals surface area contributed by atoms with Crippen LogP contribution in [0, 0.1) is 23.2 Å². The number of nitriles is 1. The molecule has 8 nitrogen and oxygen atoms in total. The predicted molar refractivity (Wildman–Crippen MR) is 119 cm³/mol. The van der Waals surface area contributed by atoms with Crippen molar-refractivity contribution in [2.24, 2.45) is 11.8 Å². The zero-order chi connectivity index (χ0) is 21.8. The molecule has 3 heterocycles. The molecule has 1 N–H and O–H groups in total. The molecule has 1 aliphatic heterocycles. The van der Waals surface area contributed by atoms with Crippen LogP contribution in [0.25, 0.3) is 0 Å². The molecule has 1 amide bonds. The van der Waals surface area contributed by atoms with Gasteiger partial charge in [0, 0.05) is 13.1 Å². The Morgan fingerprint density at radius 3 is 2.71 bits per heavy atom. The van der Waals surface area contributed by atoms with Gasteiger partial charge in [0.2, 0.25) is 11.9 Å². The van der Waals surface area contributed by atoms with Crippen molar-refractivity contribution < 1.29 is 9.21 Å². The molecule has 0 aromatic carbocycles. The van der Waals surface area contributed by atoms with E-state index in [1.54, 1.807) is 6.26 Å². The van der Waals surface area contributed by atoms with Gasteiger partial charge in [0.15, 0.2) is 5.16 Å². The van der Waals surface area contributed by atoms with E-state index in [2.05, 4.69) is 40.3 Å². The van der Waals surface area contributed by atoms with Crippen molar-refractivity contribution in [1.82, 2.24) is 20.1 Å². The molecule has 2 aliphatic rings. The molecule has 4 rings (SSSR count). The summed E-state index contributed by atoms with van der Waals surface area (Å²) in [5.74, 6) is 2.89. The summed E-state index contributed by atoms with van der Waals surface area (Å²) >= 11 is 1.36. The third kappa shape index (κ3) is 5.06. The maximum absolute atomic E-state index is 12.6. The monoisotopic (exact) mass is 442 g/mol. The lowest BCUT2D eigenvalue weighted by atomic mass is 9.92. The number of nitrogens with zero attached hydrogens (tertiary/aromatic N) is 5. The second-order valence-corrected chi connectivity index (χ2v) is 9.98. The predicted octanol–water partition coefficient (Wildman–Crippen LogP) is 3.45. The molecule has 1 saturated carbocycles.